The van der Waals surface area contributed by atoms with Crippen LogP contribution < -0.4 is 15.6 Å². The molecule has 86 valence electrons. The van der Waals surface area contributed by atoms with Gasteiger partial charge in [-0.05, 0) is 24.3 Å². The average molecular weight is 228 g/mol. The van der Waals surface area contributed by atoms with E-state index in [-0.39, 0.29) is 0 Å². The molecule has 0 aromatic heterocycles. The van der Waals surface area contributed by atoms with Gasteiger partial charge in [-0.25, -0.2) is 15.6 Å². The number of nitrogens with zero attached hydrogens (tertiary/aromatic N) is 1. The van der Waals surface area contributed by atoms with Crippen LogP contribution in [-0.2, 0) is 0 Å². The van der Waals surface area contributed by atoms with Gasteiger partial charge in [0, 0.05) is 0 Å². The Kier molecular flexibility index (Phi) is 3.37. The molecule has 0 spiro atoms. The van der Waals surface area contributed by atoms with Gasteiger partial charge >= 0.3 is 6.09 Å². The quantitative estimate of drug-likeness (QED) is 0.488. The summed E-state index contributed by atoms with van der Waals surface area (Å²) in [6.07, 6.45) is -0.623. The van der Waals surface area contributed by atoms with Crippen LogP contribution in [0.1, 0.15) is 0 Å². The Morgan fingerprint density at radius 2 is 1.47 bits per heavy atom. The molecule has 0 unspecified atom stereocenters. The van der Waals surface area contributed by atoms with E-state index in [1.807, 2.05) is 12.1 Å². The van der Waals surface area contributed by atoms with E-state index in [0.717, 1.165) is 5.01 Å². The number of carbonyl (C=O) groups excluding carboxylic acids is 1. The maximum Gasteiger partial charge on any atom is 0.434 e. The molecule has 0 aliphatic heterocycles. The van der Waals surface area contributed by atoms with E-state index in [2.05, 4.69) is 0 Å². The van der Waals surface area contributed by atoms with Crippen LogP contribution in [0, 0.1) is 0 Å². The summed E-state index contributed by atoms with van der Waals surface area (Å²) in [4.78, 5) is 11.7. The molecule has 17 heavy (non-hydrogen) atoms. The number of nitrogens with two attached hydrogens (primary N) is 1. The van der Waals surface area contributed by atoms with E-state index in [4.69, 9.17) is 10.6 Å². The molecule has 1 amide bonds. The lowest BCUT2D eigenvalue weighted by atomic mass is 10.3. The van der Waals surface area contributed by atoms with E-state index in [9.17, 15) is 4.79 Å². The fourth-order valence-corrected chi connectivity index (χ4v) is 1.33. The van der Waals surface area contributed by atoms with E-state index < -0.39 is 6.09 Å². The largest absolute Gasteiger partial charge is 0.434 e. The molecule has 4 heteroatoms. The van der Waals surface area contributed by atoms with Crippen LogP contribution in [0.5, 0.6) is 5.75 Å². The number of anilines is 1. The highest BCUT2D eigenvalue weighted by Gasteiger charge is 2.13. The highest BCUT2D eigenvalue weighted by atomic mass is 16.6. The summed E-state index contributed by atoms with van der Waals surface area (Å²) in [5.41, 5.74) is 0.577. The summed E-state index contributed by atoms with van der Waals surface area (Å²) >= 11 is 0. The second kappa shape index (κ2) is 5.14. The average Bonchev–Trinajstić information content (AvgIpc) is 2.40. The van der Waals surface area contributed by atoms with Gasteiger partial charge in [0.1, 0.15) is 5.75 Å². The number of para-hydroxylation sites is 2. The van der Waals surface area contributed by atoms with Crippen molar-refractivity contribution < 1.29 is 9.53 Å². The predicted octanol–water partition coefficient (Wildman–Crippen LogP) is 2.57. The van der Waals surface area contributed by atoms with Crippen molar-refractivity contribution in [1.82, 2.24) is 0 Å². The molecule has 0 saturated heterocycles. The minimum atomic E-state index is -0.623. The normalized spacial score (nSPS) is 9.71. The van der Waals surface area contributed by atoms with Crippen molar-refractivity contribution in [3.63, 3.8) is 0 Å². The molecule has 2 aromatic rings. The molecule has 2 aromatic carbocycles. The first-order chi connectivity index (χ1) is 8.27. The molecule has 0 aliphatic rings. The van der Waals surface area contributed by atoms with Crippen molar-refractivity contribution in [1.29, 1.82) is 0 Å². The minimum Gasteiger partial charge on any atom is -0.409 e. The smallest absolute Gasteiger partial charge is 0.409 e. The lowest BCUT2D eigenvalue weighted by molar-refractivity contribution is 0.207. The zero-order chi connectivity index (χ0) is 12.1. The molecule has 0 bridgehead atoms. The van der Waals surface area contributed by atoms with E-state index in [0.29, 0.717) is 11.4 Å². The summed E-state index contributed by atoms with van der Waals surface area (Å²) in [5.74, 6) is 6.11. The molecule has 0 atom stereocenters. The van der Waals surface area contributed by atoms with E-state index in [1.165, 1.54) is 0 Å². The fraction of sp³-hybridized carbons (Fsp3) is 0. The Hall–Kier alpha value is -2.33. The van der Waals surface area contributed by atoms with Gasteiger partial charge in [0.25, 0.3) is 0 Å². The number of hydrazine groups is 1. The number of benzene rings is 2. The third-order valence-electron chi connectivity index (χ3n) is 2.18. The van der Waals surface area contributed by atoms with Crippen molar-refractivity contribution in [2.75, 3.05) is 5.01 Å². The first-order valence-electron chi connectivity index (χ1n) is 5.14. The van der Waals surface area contributed by atoms with E-state index >= 15 is 0 Å². The van der Waals surface area contributed by atoms with E-state index in [1.54, 1.807) is 48.5 Å². The first kappa shape index (κ1) is 11.2. The summed E-state index contributed by atoms with van der Waals surface area (Å²) < 4.78 is 5.09. The van der Waals surface area contributed by atoms with Gasteiger partial charge in [0.2, 0.25) is 0 Å². The molecule has 2 rings (SSSR count). The summed E-state index contributed by atoms with van der Waals surface area (Å²) in [5, 5.41) is 0.965. The number of carbonyl (C=O) groups is 1. The monoisotopic (exact) mass is 228 g/mol. The van der Waals surface area contributed by atoms with Gasteiger partial charge in [-0.2, -0.15) is 0 Å². The number of hydrogen-bond acceptors (Lipinski definition) is 3. The summed E-state index contributed by atoms with van der Waals surface area (Å²) in [6, 6.07) is 17.7. The zero-order valence-corrected chi connectivity index (χ0v) is 9.11. The standard InChI is InChI=1S/C13H12N2O2/c14-15(11-7-3-1-4-8-11)13(16)17-12-9-5-2-6-10-12/h1-10H,14H2. The SMILES string of the molecule is NN(C(=O)Oc1ccccc1)c1ccccc1. The van der Waals surface area contributed by atoms with Crippen molar-refractivity contribution in [2.24, 2.45) is 5.84 Å². The van der Waals surface area contributed by atoms with Crippen LogP contribution in [-0.4, -0.2) is 6.09 Å². The Morgan fingerprint density at radius 1 is 0.941 bits per heavy atom. The second-order valence-electron chi connectivity index (χ2n) is 3.39. The third-order valence-corrected chi connectivity index (χ3v) is 2.18. The van der Waals surface area contributed by atoms with Crippen LogP contribution in [0.2, 0.25) is 0 Å². The maximum absolute atomic E-state index is 11.7. The van der Waals surface area contributed by atoms with Gasteiger partial charge in [-0.1, -0.05) is 36.4 Å². The Balaban J connectivity index is 2.06. The molecule has 0 aliphatic carbocycles. The number of rotatable bonds is 2. The van der Waals surface area contributed by atoms with Crippen LogP contribution in [0.15, 0.2) is 60.7 Å². The second-order valence-corrected chi connectivity index (χ2v) is 3.39. The van der Waals surface area contributed by atoms with Crippen molar-refractivity contribution in [3.05, 3.63) is 60.7 Å². The topological polar surface area (TPSA) is 55.6 Å². The Labute approximate surface area is 99.2 Å². The Bertz CT molecular complexity index is 485. The molecule has 0 heterocycles. The first-order valence-corrected chi connectivity index (χ1v) is 5.14. The number of hydrogen-bond donors (Lipinski definition) is 1. The van der Waals surface area contributed by atoms with Gasteiger partial charge in [0.15, 0.2) is 0 Å². The maximum atomic E-state index is 11.7. The highest BCUT2D eigenvalue weighted by molar-refractivity contribution is 5.87. The highest BCUT2D eigenvalue weighted by Crippen LogP contribution is 2.13. The third kappa shape index (κ3) is 2.83. The predicted molar refractivity (Wildman–Crippen MR) is 65.6 cm³/mol. The minimum absolute atomic E-state index is 0.462. The summed E-state index contributed by atoms with van der Waals surface area (Å²) in [7, 11) is 0. The van der Waals surface area contributed by atoms with Crippen molar-refractivity contribution in [2.45, 2.75) is 0 Å². The number of amides is 1. The van der Waals surface area contributed by atoms with Gasteiger partial charge in [0.05, 0.1) is 5.69 Å². The number of ether oxygens (including phenoxy) is 1. The molecule has 4 nitrogen and oxygen atoms in total. The molecule has 2 N–H and O–H groups in total. The summed E-state index contributed by atoms with van der Waals surface area (Å²) in [6.45, 7) is 0. The zero-order valence-electron chi connectivity index (χ0n) is 9.11. The van der Waals surface area contributed by atoms with Crippen LogP contribution in [0.3, 0.4) is 0 Å². The molecular weight excluding hydrogens is 216 g/mol. The lowest BCUT2D eigenvalue weighted by Gasteiger charge is -2.15. The van der Waals surface area contributed by atoms with Crippen LogP contribution in [0.4, 0.5) is 10.5 Å². The fourth-order valence-electron chi connectivity index (χ4n) is 1.33. The molecule has 0 fully saturated rings. The van der Waals surface area contributed by atoms with Crippen LogP contribution in [0.25, 0.3) is 0 Å². The Morgan fingerprint density at radius 3 is 2.06 bits per heavy atom. The van der Waals surface area contributed by atoms with Crippen molar-refractivity contribution >= 4 is 11.8 Å². The van der Waals surface area contributed by atoms with Gasteiger partial charge in [-0.15, -0.1) is 0 Å². The lowest BCUT2D eigenvalue weighted by Crippen LogP contribution is -2.39. The molecular formula is C13H12N2O2. The molecule has 0 radical (unpaired) electrons. The van der Waals surface area contributed by atoms with Crippen LogP contribution >= 0.6 is 0 Å². The van der Waals surface area contributed by atoms with Crippen molar-refractivity contribution in [3.8, 4) is 5.75 Å². The van der Waals surface area contributed by atoms with Gasteiger partial charge < -0.3 is 4.74 Å². The van der Waals surface area contributed by atoms with Gasteiger partial charge in [-0.3, -0.25) is 0 Å². The molecule has 0 saturated carbocycles.